The molecule has 1 aromatic rings. The number of aldehydes is 1. The summed E-state index contributed by atoms with van der Waals surface area (Å²) >= 11 is 2.00. The summed E-state index contributed by atoms with van der Waals surface area (Å²) in [5.74, 6) is 2.44. The summed E-state index contributed by atoms with van der Waals surface area (Å²) in [6, 6.07) is 2.60. The predicted octanol–water partition coefficient (Wildman–Crippen LogP) is 2.60. The third-order valence-electron chi connectivity index (χ3n) is 2.92. The number of hydrogen-bond acceptors (Lipinski definition) is 2. The summed E-state index contributed by atoms with van der Waals surface area (Å²) < 4.78 is 2.32. The second-order valence-corrected chi connectivity index (χ2v) is 4.98. The highest BCUT2D eigenvalue weighted by Crippen LogP contribution is 2.31. The zero-order valence-electron chi connectivity index (χ0n) is 8.62. The average molecular weight is 209 g/mol. The van der Waals surface area contributed by atoms with Crippen LogP contribution in [-0.4, -0.2) is 22.4 Å². The van der Waals surface area contributed by atoms with Crippen molar-refractivity contribution in [3.63, 3.8) is 0 Å². The Bertz CT molecular complexity index is 350. The first-order chi connectivity index (χ1) is 6.74. The third kappa shape index (κ3) is 1.50. The Labute approximate surface area is 88.7 Å². The lowest BCUT2D eigenvalue weighted by atomic mass is 10.2. The van der Waals surface area contributed by atoms with Crippen LogP contribution in [0.4, 0.5) is 0 Å². The Morgan fingerprint density at radius 3 is 2.86 bits per heavy atom. The minimum atomic E-state index is 0.605. The highest BCUT2D eigenvalue weighted by Gasteiger charge is 2.21. The summed E-state index contributed by atoms with van der Waals surface area (Å²) in [5, 5.41) is 0. The second-order valence-electron chi connectivity index (χ2n) is 3.83. The van der Waals surface area contributed by atoms with Crippen LogP contribution in [0.25, 0.3) is 0 Å². The molecule has 0 radical (unpaired) electrons. The van der Waals surface area contributed by atoms with Gasteiger partial charge >= 0.3 is 0 Å². The highest BCUT2D eigenvalue weighted by atomic mass is 32.2. The fraction of sp³-hybridized carbons (Fsp3) is 0.545. The molecule has 2 rings (SSSR count). The molecule has 1 aliphatic rings. The lowest BCUT2D eigenvalue weighted by molar-refractivity contribution is 0.112. The summed E-state index contributed by atoms with van der Waals surface area (Å²) in [5.41, 5.74) is 3.20. The maximum absolute atomic E-state index is 10.8. The Hall–Kier alpha value is -0.700. The minimum absolute atomic E-state index is 0.605. The first kappa shape index (κ1) is 9.84. The molecular formula is C11H15NOS. The third-order valence-corrected chi connectivity index (χ3v) is 4.07. The van der Waals surface area contributed by atoms with Crippen LogP contribution in [-0.2, 0) is 0 Å². The van der Waals surface area contributed by atoms with Gasteiger partial charge in [-0.2, -0.15) is 11.8 Å². The van der Waals surface area contributed by atoms with E-state index < -0.39 is 0 Å². The molecule has 1 aliphatic heterocycles. The average Bonchev–Trinajstić information content (AvgIpc) is 2.74. The molecule has 0 spiro atoms. The van der Waals surface area contributed by atoms with Crippen molar-refractivity contribution in [2.75, 3.05) is 11.5 Å². The first-order valence-electron chi connectivity index (χ1n) is 4.95. The van der Waals surface area contributed by atoms with Gasteiger partial charge in [0.05, 0.1) is 0 Å². The molecule has 3 heteroatoms. The van der Waals surface area contributed by atoms with E-state index in [1.54, 1.807) is 0 Å². The lowest BCUT2D eigenvalue weighted by Crippen LogP contribution is -2.11. The Balaban J connectivity index is 2.40. The van der Waals surface area contributed by atoms with Crippen LogP contribution in [0.3, 0.4) is 0 Å². The van der Waals surface area contributed by atoms with Gasteiger partial charge in [-0.05, 0) is 32.1 Å². The normalized spacial score (nSPS) is 21.4. The van der Waals surface area contributed by atoms with E-state index in [1.165, 1.54) is 23.6 Å². The van der Waals surface area contributed by atoms with Crippen LogP contribution in [0.15, 0.2) is 6.07 Å². The quantitative estimate of drug-likeness (QED) is 0.698. The molecule has 14 heavy (non-hydrogen) atoms. The van der Waals surface area contributed by atoms with Crippen LogP contribution in [0.1, 0.15) is 34.2 Å². The van der Waals surface area contributed by atoms with Crippen molar-refractivity contribution in [3.8, 4) is 0 Å². The van der Waals surface area contributed by atoms with Gasteiger partial charge in [-0.3, -0.25) is 4.79 Å². The maximum Gasteiger partial charge on any atom is 0.151 e. The van der Waals surface area contributed by atoms with Crippen molar-refractivity contribution in [2.24, 2.45) is 0 Å². The summed E-state index contributed by atoms with van der Waals surface area (Å²) in [6.45, 7) is 4.13. The smallest absolute Gasteiger partial charge is 0.151 e. The van der Waals surface area contributed by atoms with E-state index in [1.807, 2.05) is 24.8 Å². The van der Waals surface area contributed by atoms with Gasteiger partial charge in [-0.15, -0.1) is 0 Å². The van der Waals surface area contributed by atoms with Crippen LogP contribution >= 0.6 is 11.8 Å². The van der Waals surface area contributed by atoms with Crippen LogP contribution in [0, 0.1) is 13.8 Å². The van der Waals surface area contributed by atoms with Crippen molar-refractivity contribution >= 4 is 18.0 Å². The number of thioether (sulfide) groups is 1. The number of carbonyl (C=O) groups excluding carboxylic acids is 1. The van der Waals surface area contributed by atoms with E-state index in [2.05, 4.69) is 11.5 Å². The predicted molar refractivity (Wildman–Crippen MR) is 60.3 cm³/mol. The molecule has 0 aliphatic carbocycles. The van der Waals surface area contributed by atoms with Crippen molar-refractivity contribution in [1.29, 1.82) is 0 Å². The van der Waals surface area contributed by atoms with Crippen molar-refractivity contribution in [3.05, 3.63) is 23.0 Å². The summed E-state index contributed by atoms with van der Waals surface area (Å²) in [7, 11) is 0. The number of aryl methyl sites for hydroxylation is 1. The fourth-order valence-corrected chi connectivity index (χ4v) is 3.40. The van der Waals surface area contributed by atoms with Gasteiger partial charge < -0.3 is 4.57 Å². The molecule has 0 aromatic carbocycles. The zero-order chi connectivity index (χ0) is 10.1. The van der Waals surface area contributed by atoms with Crippen LogP contribution in [0.5, 0.6) is 0 Å². The van der Waals surface area contributed by atoms with E-state index in [0.717, 1.165) is 17.5 Å². The maximum atomic E-state index is 10.8. The standard InChI is InChI=1S/C11H15NOS/c1-8-5-10(6-13)9(2)12(8)11-3-4-14-7-11/h5-6,11H,3-4,7H2,1-2H3. The van der Waals surface area contributed by atoms with E-state index >= 15 is 0 Å². The van der Waals surface area contributed by atoms with Gasteiger partial charge in [0.2, 0.25) is 0 Å². The molecule has 2 nitrogen and oxygen atoms in total. The molecule has 0 amide bonds. The van der Waals surface area contributed by atoms with Crippen molar-refractivity contribution < 1.29 is 4.79 Å². The summed E-state index contributed by atoms with van der Waals surface area (Å²) in [4.78, 5) is 10.8. The van der Waals surface area contributed by atoms with Gasteiger partial charge in [0.1, 0.15) is 0 Å². The molecule has 0 saturated carbocycles. The van der Waals surface area contributed by atoms with E-state index in [9.17, 15) is 4.79 Å². The molecule has 1 atom stereocenters. The Morgan fingerprint density at radius 2 is 2.36 bits per heavy atom. The molecule has 0 N–H and O–H groups in total. The Kier molecular flexibility index (Phi) is 2.68. The van der Waals surface area contributed by atoms with Crippen molar-refractivity contribution in [1.82, 2.24) is 4.57 Å². The molecule has 0 bridgehead atoms. The van der Waals surface area contributed by atoms with E-state index in [4.69, 9.17) is 0 Å². The Morgan fingerprint density at radius 1 is 1.57 bits per heavy atom. The van der Waals surface area contributed by atoms with Gasteiger partial charge in [-0.25, -0.2) is 0 Å². The molecule has 1 unspecified atom stereocenters. The van der Waals surface area contributed by atoms with Gasteiger partial charge in [-0.1, -0.05) is 0 Å². The topological polar surface area (TPSA) is 22.0 Å². The lowest BCUT2D eigenvalue weighted by Gasteiger charge is -2.16. The number of carbonyl (C=O) groups is 1. The first-order valence-corrected chi connectivity index (χ1v) is 6.11. The summed E-state index contributed by atoms with van der Waals surface area (Å²) in [6.07, 6.45) is 2.19. The van der Waals surface area contributed by atoms with E-state index in [0.29, 0.717) is 6.04 Å². The number of rotatable bonds is 2. The number of nitrogens with zero attached hydrogens (tertiary/aromatic N) is 1. The number of aromatic nitrogens is 1. The van der Waals surface area contributed by atoms with E-state index in [-0.39, 0.29) is 0 Å². The van der Waals surface area contributed by atoms with Gasteiger partial charge in [0.25, 0.3) is 0 Å². The SMILES string of the molecule is Cc1cc(C=O)c(C)n1C1CCSC1. The molecular weight excluding hydrogens is 194 g/mol. The van der Waals surface area contributed by atoms with Gasteiger partial charge in [0.15, 0.2) is 6.29 Å². The van der Waals surface area contributed by atoms with Crippen LogP contribution < -0.4 is 0 Å². The molecule has 76 valence electrons. The van der Waals surface area contributed by atoms with Crippen molar-refractivity contribution in [2.45, 2.75) is 26.3 Å². The molecule has 1 fully saturated rings. The monoisotopic (exact) mass is 209 g/mol. The fourth-order valence-electron chi connectivity index (χ4n) is 2.21. The van der Waals surface area contributed by atoms with Gasteiger partial charge in [0, 0.05) is 28.7 Å². The zero-order valence-corrected chi connectivity index (χ0v) is 9.43. The highest BCUT2D eigenvalue weighted by molar-refractivity contribution is 7.99. The molecule has 1 aromatic heterocycles. The largest absolute Gasteiger partial charge is 0.345 e. The molecule has 1 saturated heterocycles. The number of hydrogen-bond donors (Lipinski definition) is 0. The second kappa shape index (κ2) is 3.81. The minimum Gasteiger partial charge on any atom is -0.345 e. The van der Waals surface area contributed by atoms with Crippen LogP contribution in [0.2, 0.25) is 0 Å². The molecule has 2 heterocycles.